The Bertz CT molecular complexity index is 1330. The molecular weight excluding hydrogens is 475 g/mol. The van der Waals surface area contributed by atoms with Crippen molar-refractivity contribution in [2.75, 3.05) is 12.0 Å². The molecule has 0 bridgehead atoms. The van der Waals surface area contributed by atoms with Gasteiger partial charge in [0.25, 0.3) is 11.7 Å². The van der Waals surface area contributed by atoms with E-state index in [2.05, 4.69) is 0 Å². The Kier molecular flexibility index (Phi) is 6.20. The highest BCUT2D eigenvalue weighted by molar-refractivity contribution is 6.51. The number of anilines is 1. The van der Waals surface area contributed by atoms with E-state index in [1.165, 1.54) is 19.4 Å². The van der Waals surface area contributed by atoms with Crippen molar-refractivity contribution in [2.24, 2.45) is 0 Å². The number of ketones is 1. The first-order chi connectivity index (χ1) is 16.8. The Morgan fingerprint density at radius 3 is 2.17 bits per heavy atom. The van der Waals surface area contributed by atoms with Crippen molar-refractivity contribution >= 4 is 23.1 Å². The van der Waals surface area contributed by atoms with Crippen LogP contribution in [0.4, 0.5) is 18.9 Å². The number of furan rings is 1. The lowest BCUT2D eigenvalue weighted by Gasteiger charge is -2.24. The van der Waals surface area contributed by atoms with Gasteiger partial charge in [0.05, 0.1) is 30.1 Å². The Hall–Kier alpha value is -4.01. The van der Waals surface area contributed by atoms with Crippen molar-refractivity contribution in [3.05, 3.63) is 88.9 Å². The molecule has 1 atom stereocenters. The molecule has 1 saturated heterocycles. The molecular formula is C27H24F3NO5. The van der Waals surface area contributed by atoms with E-state index in [4.69, 9.17) is 9.15 Å². The summed E-state index contributed by atoms with van der Waals surface area (Å²) in [5.74, 6) is -2.06. The predicted octanol–water partition coefficient (Wildman–Crippen LogP) is 6.23. The fourth-order valence-electron chi connectivity index (χ4n) is 4.13. The van der Waals surface area contributed by atoms with E-state index in [1.807, 2.05) is 26.8 Å². The van der Waals surface area contributed by atoms with E-state index >= 15 is 0 Å². The highest BCUT2D eigenvalue weighted by atomic mass is 19.4. The van der Waals surface area contributed by atoms with Crippen molar-refractivity contribution in [1.29, 1.82) is 0 Å². The summed E-state index contributed by atoms with van der Waals surface area (Å²) in [4.78, 5) is 27.4. The van der Waals surface area contributed by atoms with Crippen LogP contribution in [0.5, 0.6) is 5.75 Å². The van der Waals surface area contributed by atoms with Gasteiger partial charge in [-0.25, -0.2) is 0 Å². The molecule has 1 aliphatic heterocycles. The van der Waals surface area contributed by atoms with Gasteiger partial charge in [0.1, 0.15) is 23.3 Å². The number of hydrogen-bond donors (Lipinski definition) is 1. The summed E-state index contributed by atoms with van der Waals surface area (Å²) >= 11 is 0. The summed E-state index contributed by atoms with van der Waals surface area (Å²) in [6.07, 6.45) is -3.23. The number of benzene rings is 2. The van der Waals surface area contributed by atoms with Crippen molar-refractivity contribution in [3.63, 3.8) is 0 Å². The zero-order chi connectivity index (χ0) is 26.4. The molecule has 2 heterocycles. The maximum atomic E-state index is 13.2. The van der Waals surface area contributed by atoms with Gasteiger partial charge in [-0.1, -0.05) is 26.8 Å². The monoisotopic (exact) mass is 499 g/mol. The molecule has 9 heteroatoms. The molecule has 1 fully saturated rings. The van der Waals surface area contributed by atoms with Crippen LogP contribution in [-0.2, 0) is 21.2 Å². The number of alkyl halides is 3. The second-order valence-electron chi connectivity index (χ2n) is 9.39. The van der Waals surface area contributed by atoms with E-state index in [0.717, 1.165) is 34.7 Å². The molecule has 1 amide bonds. The number of ether oxygens (including phenoxy) is 1. The van der Waals surface area contributed by atoms with Crippen molar-refractivity contribution in [2.45, 2.75) is 38.4 Å². The van der Waals surface area contributed by atoms with E-state index in [-0.39, 0.29) is 33.7 Å². The molecule has 6 nitrogen and oxygen atoms in total. The second-order valence-corrected chi connectivity index (χ2v) is 9.39. The molecule has 0 spiro atoms. The van der Waals surface area contributed by atoms with Crippen molar-refractivity contribution < 1.29 is 37.0 Å². The summed E-state index contributed by atoms with van der Waals surface area (Å²) in [5, 5.41) is 11.4. The number of methoxy groups -OCH3 is 1. The first-order valence-electron chi connectivity index (χ1n) is 11.0. The average molecular weight is 499 g/mol. The van der Waals surface area contributed by atoms with Gasteiger partial charge >= 0.3 is 6.18 Å². The molecule has 1 unspecified atom stereocenters. The minimum Gasteiger partial charge on any atom is -0.507 e. The van der Waals surface area contributed by atoms with Crippen LogP contribution >= 0.6 is 0 Å². The molecule has 188 valence electrons. The van der Waals surface area contributed by atoms with Crippen LogP contribution in [0.2, 0.25) is 0 Å². The first kappa shape index (κ1) is 25.1. The van der Waals surface area contributed by atoms with Gasteiger partial charge in [-0.2, -0.15) is 13.2 Å². The van der Waals surface area contributed by atoms with Crippen LogP contribution in [0.15, 0.2) is 70.9 Å². The topological polar surface area (TPSA) is 80.0 Å². The predicted molar refractivity (Wildman–Crippen MR) is 127 cm³/mol. The van der Waals surface area contributed by atoms with Gasteiger partial charge in [-0.05, 0) is 59.5 Å². The van der Waals surface area contributed by atoms with E-state index < -0.39 is 35.2 Å². The molecule has 0 aliphatic carbocycles. The Labute approximate surface area is 205 Å². The van der Waals surface area contributed by atoms with Crippen LogP contribution in [0.25, 0.3) is 5.76 Å². The van der Waals surface area contributed by atoms with Gasteiger partial charge in [0, 0.05) is 5.69 Å². The number of amides is 1. The van der Waals surface area contributed by atoms with Gasteiger partial charge in [0.2, 0.25) is 0 Å². The molecule has 1 aromatic heterocycles. The molecule has 2 aromatic carbocycles. The molecule has 4 rings (SSSR count). The van der Waals surface area contributed by atoms with Gasteiger partial charge in [-0.3, -0.25) is 14.5 Å². The van der Waals surface area contributed by atoms with Gasteiger partial charge < -0.3 is 14.3 Å². The quantitative estimate of drug-likeness (QED) is 0.262. The lowest BCUT2D eigenvalue weighted by atomic mass is 9.85. The number of Topliss-reactive ketones (excluding diaryl/α,β-unsaturated/α-hetero) is 1. The lowest BCUT2D eigenvalue weighted by molar-refractivity contribution is -0.137. The summed E-state index contributed by atoms with van der Waals surface area (Å²) in [5.41, 5.74) is -0.377. The van der Waals surface area contributed by atoms with Crippen molar-refractivity contribution in [3.8, 4) is 5.75 Å². The van der Waals surface area contributed by atoms with E-state index in [0.29, 0.717) is 0 Å². The van der Waals surface area contributed by atoms with Crippen LogP contribution in [-0.4, -0.2) is 23.9 Å². The normalized spacial score (nSPS) is 18.1. The maximum absolute atomic E-state index is 13.2. The van der Waals surface area contributed by atoms with Crippen molar-refractivity contribution in [1.82, 2.24) is 0 Å². The summed E-state index contributed by atoms with van der Waals surface area (Å²) in [6.45, 7) is 5.93. The summed E-state index contributed by atoms with van der Waals surface area (Å²) in [7, 11) is 1.41. The number of hydrogen-bond acceptors (Lipinski definition) is 5. The molecule has 0 radical (unpaired) electrons. The maximum Gasteiger partial charge on any atom is 0.416 e. The van der Waals surface area contributed by atoms with Crippen LogP contribution < -0.4 is 9.64 Å². The highest BCUT2D eigenvalue weighted by Gasteiger charge is 2.48. The Morgan fingerprint density at radius 1 is 1.00 bits per heavy atom. The number of aliphatic hydroxyl groups is 1. The standard InChI is InChI=1S/C27H24F3NO5/c1-26(2,3)16-9-12-19(35-4)18(14-16)23(32)21-22(20-6-5-13-36-20)31(25(34)24(21)33)17-10-7-15(8-11-17)27(28,29)30/h5-14,22,32H,1-4H3/b23-21+. The van der Waals surface area contributed by atoms with E-state index in [1.54, 1.807) is 18.2 Å². The molecule has 1 aliphatic rings. The number of halogens is 3. The first-order valence-corrected chi connectivity index (χ1v) is 11.0. The zero-order valence-electron chi connectivity index (χ0n) is 20.0. The smallest absolute Gasteiger partial charge is 0.416 e. The number of nitrogens with zero attached hydrogens (tertiary/aromatic N) is 1. The molecule has 0 saturated carbocycles. The molecule has 3 aromatic rings. The third-order valence-corrected chi connectivity index (χ3v) is 6.05. The van der Waals surface area contributed by atoms with Crippen LogP contribution in [0.1, 0.15) is 49.3 Å². The minimum atomic E-state index is -4.57. The largest absolute Gasteiger partial charge is 0.507 e. The third-order valence-electron chi connectivity index (χ3n) is 6.05. The van der Waals surface area contributed by atoms with Gasteiger partial charge in [0.15, 0.2) is 0 Å². The number of carbonyl (C=O) groups is 2. The van der Waals surface area contributed by atoms with Crippen LogP contribution in [0, 0.1) is 0 Å². The number of rotatable bonds is 4. The van der Waals surface area contributed by atoms with Gasteiger partial charge in [-0.15, -0.1) is 0 Å². The number of carbonyl (C=O) groups excluding carboxylic acids is 2. The average Bonchev–Trinajstić information content (AvgIpc) is 3.44. The third kappa shape index (κ3) is 4.36. The fourth-order valence-corrected chi connectivity index (χ4v) is 4.13. The zero-order valence-corrected chi connectivity index (χ0v) is 20.0. The summed E-state index contributed by atoms with van der Waals surface area (Å²) in [6, 6.07) is 10.9. The SMILES string of the molecule is COc1ccc(C(C)(C)C)cc1/C(O)=C1\C(=O)C(=O)N(c2ccc(C(F)(F)F)cc2)C1c1ccco1. The van der Waals surface area contributed by atoms with E-state index in [9.17, 15) is 27.9 Å². The second kappa shape index (κ2) is 8.89. The summed E-state index contributed by atoms with van der Waals surface area (Å²) < 4.78 is 50.1. The minimum absolute atomic E-state index is 0.0426. The Balaban J connectivity index is 1.92. The number of aliphatic hydroxyl groups excluding tert-OH is 1. The fraction of sp³-hybridized carbons (Fsp3) is 0.259. The molecule has 1 N–H and O–H groups in total. The molecule has 36 heavy (non-hydrogen) atoms. The van der Waals surface area contributed by atoms with Crippen LogP contribution in [0.3, 0.4) is 0 Å². The highest BCUT2D eigenvalue weighted by Crippen LogP contribution is 2.44. The Morgan fingerprint density at radius 2 is 1.64 bits per heavy atom. The lowest BCUT2D eigenvalue weighted by Crippen LogP contribution is -2.29.